The zero-order chi connectivity index (χ0) is 25.3. The predicted molar refractivity (Wildman–Crippen MR) is 135 cm³/mol. The van der Waals surface area contributed by atoms with E-state index in [1.54, 1.807) is 0 Å². The first kappa shape index (κ1) is 25.8. The first-order chi connectivity index (χ1) is 15.6. The molecule has 0 saturated heterocycles. The van der Waals surface area contributed by atoms with Crippen LogP contribution in [0.3, 0.4) is 0 Å². The lowest BCUT2D eigenvalue weighted by molar-refractivity contribution is -0.175. The molecule has 0 bridgehead atoms. The summed E-state index contributed by atoms with van der Waals surface area (Å²) in [6.07, 6.45) is 11.2. The third-order valence-electron chi connectivity index (χ3n) is 12.1. The first-order valence-corrected chi connectivity index (χ1v) is 13.8. The van der Waals surface area contributed by atoms with Gasteiger partial charge in [0, 0.05) is 6.42 Å². The van der Waals surface area contributed by atoms with Crippen molar-refractivity contribution < 1.29 is 19.8 Å². The molecule has 0 radical (unpaired) electrons. The van der Waals surface area contributed by atoms with Crippen LogP contribution in [0.25, 0.3) is 0 Å². The third kappa shape index (κ3) is 3.52. The summed E-state index contributed by atoms with van der Waals surface area (Å²) in [5.74, 6) is 0.340. The van der Waals surface area contributed by atoms with Crippen molar-refractivity contribution in [1.82, 2.24) is 0 Å². The van der Waals surface area contributed by atoms with Gasteiger partial charge in [0.05, 0.1) is 5.41 Å². The number of hydrogen-bond donors (Lipinski definition) is 2. The van der Waals surface area contributed by atoms with Gasteiger partial charge in [-0.05, 0) is 103 Å². The number of allylic oxidation sites excluding steroid dienone is 2. The van der Waals surface area contributed by atoms with Crippen LogP contribution in [0.2, 0.25) is 0 Å². The van der Waals surface area contributed by atoms with Gasteiger partial charge in [0.15, 0.2) is 0 Å². The summed E-state index contributed by atoms with van der Waals surface area (Å²) in [7, 11) is 0. The lowest BCUT2D eigenvalue weighted by Crippen LogP contribution is -2.62. The van der Waals surface area contributed by atoms with E-state index in [0.29, 0.717) is 17.8 Å². The number of carboxylic acid groups (broad SMARTS) is 2. The van der Waals surface area contributed by atoms with Crippen molar-refractivity contribution >= 4 is 11.9 Å². The van der Waals surface area contributed by atoms with Crippen molar-refractivity contribution in [2.75, 3.05) is 0 Å². The Labute approximate surface area is 207 Å². The molecule has 7 unspecified atom stereocenters. The monoisotopic (exact) mass is 472 g/mol. The van der Waals surface area contributed by atoms with Gasteiger partial charge in [-0.25, -0.2) is 0 Å². The fraction of sp³-hybridized carbons (Fsp3) is 0.867. The molecule has 0 heterocycles. The molecule has 0 aromatic heterocycles. The van der Waals surface area contributed by atoms with Crippen molar-refractivity contribution in [3.63, 3.8) is 0 Å². The zero-order valence-electron chi connectivity index (χ0n) is 22.7. The van der Waals surface area contributed by atoms with Crippen LogP contribution >= 0.6 is 0 Å². The summed E-state index contributed by atoms with van der Waals surface area (Å²) >= 11 is 0. The minimum Gasteiger partial charge on any atom is -0.481 e. The van der Waals surface area contributed by atoms with Gasteiger partial charge in [-0.2, -0.15) is 0 Å². The van der Waals surface area contributed by atoms with E-state index in [0.717, 1.165) is 57.8 Å². The molecule has 4 heteroatoms. The Hall–Kier alpha value is -1.32. The van der Waals surface area contributed by atoms with E-state index in [4.69, 9.17) is 0 Å². The average Bonchev–Trinajstić information content (AvgIpc) is 2.72. The molecule has 4 aliphatic rings. The molecule has 4 rings (SSSR count). The Morgan fingerprint density at radius 2 is 1.65 bits per heavy atom. The van der Waals surface area contributed by atoms with Gasteiger partial charge < -0.3 is 10.2 Å². The van der Waals surface area contributed by atoms with Crippen LogP contribution in [0.1, 0.15) is 113 Å². The van der Waals surface area contributed by atoms with Gasteiger partial charge in [-0.3, -0.25) is 9.59 Å². The van der Waals surface area contributed by atoms with E-state index in [-0.39, 0.29) is 34.0 Å². The van der Waals surface area contributed by atoms with E-state index in [9.17, 15) is 19.8 Å². The summed E-state index contributed by atoms with van der Waals surface area (Å²) in [5, 5.41) is 20.1. The quantitative estimate of drug-likeness (QED) is 0.405. The molecule has 0 amide bonds. The van der Waals surface area contributed by atoms with Crippen LogP contribution < -0.4 is 0 Å². The number of carboxylic acids is 2. The second-order valence-corrected chi connectivity index (χ2v) is 14.4. The van der Waals surface area contributed by atoms with Crippen molar-refractivity contribution in [3.05, 3.63) is 11.6 Å². The lowest BCUT2D eigenvalue weighted by atomic mass is 9.35. The minimum atomic E-state index is -0.692. The Morgan fingerprint density at radius 3 is 2.24 bits per heavy atom. The maximum Gasteiger partial charge on any atom is 0.310 e. The highest BCUT2D eigenvalue weighted by molar-refractivity contribution is 5.76. The largest absolute Gasteiger partial charge is 0.481 e. The molecule has 192 valence electrons. The van der Waals surface area contributed by atoms with Crippen molar-refractivity contribution in [1.29, 1.82) is 0 Å². The molecule has 2 N–H and O–H groups in total. The van der Waals surface area contributed by atoms with Crippen LogP contribution in [0.4, 0.5) is 0 Å². The smallest absolute Gasteiger partial charge is 0.310 e. The normalized spacial score (nSPS) is 45.5. The van der Waals surface area contributed by atoms with Gasteiger partial charge in [-0.1, -0.05) is 60.1 Å². The summed E-state index contributed by atoms with van der Waals surface area (Å²) in [6, 6.07) is 0. The van der Waals surface area contributed by atoms with E-state index >= 15 is 0 Å². The SMILES string of the molecule is CC(C)C1CCC2(C)C(CC=C3C4CC(C)(C)CCC4(C(=O)O)CCC32C)C1(C)CCC(=O)O. The number of fused-ring (bicyclic) bond motifs is 5. The van der Waals surface area contributed by atoms with Crippen LogP contribution in [0.5, 0.6) is 0 Å². The second-order valence-electron chi connectivity index (χ2n) is 14.4. The molecule has 0 aromatic rings. The summed E-state index contributed by atoms with van der Waals surface area (Å²) in [5.41, 5.74) is 1.05. The summed E-state index contributed by atoms with van der Waals surface area (Å²) < 4.78 is 0. The number of hydrogen-bond acceptors (Lipinski definition) is 2. The fourth-order valence-electron chi connectivity index (χ4n) is 9.85. The highest BCUT2D eigenvalue weighted by Gasteiger charge is 2.67. The molecule has 0 aromatic carbocycles. The Kier molecular flexibility index (Phi) is 6.14. The summed E-state index contributed by atoms with van der Waals surface area (Å²) in [4.78, 5) is 24.4. The van der Waals surface area contributed by atoms with Crippen molar-refractivity contribution in [2.45, 2.75) is 113 Å². The molecule has 3 saturated carbocycles. The maximum absolute atomic E-state index is 12.8. The Morgan fingerprint density at radius 1 is 1.00 bits per heavy atom. The minimum absolute atomic E-state index is 0.0145. The van der Waals surface area contributed by atoms with E-state index in [1.165, 1.54) is 5.57 Å². The predicted octanol–water partition coefficient (Wildman–Crippen LogP) is 7.57. The number of rotatable bonds is 5. The molecular weight excluding hydrogens is 424 g/mol. The third-order valence-corrected chi connectivity index (χ3v) is 12.1. The molecule has 0 aliphatic heterocycles. The first-order valence-electron chi connectivity index (χ1n) is 13.8. The Bertz CT molecular complexity index is 886. The van der Waals surface area contributed by atoms with Gasteiger partial charge >= 0.3 is 11.9 Å². The van der Waals surface area contributed by atoms with Crippen LogP contribution in [-0.4, -0.2) is 22.2 Å². The van der Waals surface area contributed by atoms with Gasteiger partial charge in [0.1, 0.15) is 0 Å². The lowest BCUT2D eigenvalue weighted by Gasteiger charge is -2.69. The highest BCUT2D eigenvalue weighted by Crippen LogP contribution is 2.74. The molecule has 4 aliphatic carbocycles. The van der Waals surface area contributed by atoms with Crippen LogP contribution in [-0.2, 0) is 9.59 Å². The molecule has 4 nitrogen and oxygen atoms in total. The van der Waals surface area contributed by atoms with E-state index in [2.05, 4.69) is 54.5 Å². The molecule has 0 spiro atoms. The molecule has 34 heavy (non-hydrogen) atoms. The summed E-state index contributed by atoms with van der Waals surface area (Å²) in [6.45, 7) is 16.6. The van der Waals surface area contributed by atoms with Gasteiger partial charge in [-0.15, -0.1) is 0 Å². The van der Waals surface area contributed by atoms with Gasteiger partial charge in [0.2, 0.25) is 0 Å². The maximum atomic E-state index is 12.8. The molecule has 7 atom stereocenters. The second kappa shape index (κ2) is 8.10. The highest BCUT2D eigenvalue weighted by atomic mass is 16.4. The average molecular weight is 473 g/mol. The van der Waals surface area contributed by atoms with Crippen molar-refractivity contribution in [3.8, 4) is 0 Å². The number of carbonyl (C=O) groups is 2. The van der Waals surface area contributed by atoms with E-state index < -0.39 is 17.4 Å². The fourth-order valence-corrected chi connectivity index (χ4v) is 9.85. The number of aliphatic carboxylic acids is 2. The topological polar surface area (TPSA) is 74.6 Å². The van der Waals surface area contributed by atoms with E-state index in [1.807, 2.05) is 0 Å². The molecule has 3 fully saturated rings. The van der Waals surface area contributed by atoms with Crippen LogP contribution in [0, 0.1) is 50.7 Å². The standard InChI is InChI=1S/C30H48O4/c1-19(2)20-10-13-29(7)23(27(20,5)12-11-24(31)32)9-8-21-22-18-26(3,4)14-16-30(22,25(33)34)17-15-28(21,29)6/h8,19-20,22-23H,9-18H2,1-7H3,(H,31,32)(H,33,34). The zero-order valence-corrected chi connectivity index (χ0v) is 22.7. The molecular formula is C30H48O4. The van der Waals surface area contributed by atoms with Gasteiger partial charge in [0.25, 0.3) is 0 Å². The van der Waals surface area contributed by atoms with Crippen molar-refractivity contribution in [2.24, 2.45) is 50.7 Å². The Balaban J connectivity index is 1.81. The van der Waals surface area contributed by atoms with Crippen LogP contribution in [0.15, 0.2) is 11.6 Å².